The highest BCUT2D eigenvalue weighted by Gasteiger charge is 2.21. The zero-order valence-electron chi connectivity index (χ0n) is 9.61. The van der Waals surface area contributed by atoms with E-state index in [9.17, 15) is 8.78 Å². The minimum Gasteiger partial charge on any atom is -0.336 e. The summed E-state index contributed by atoms with van der Waals surface area (Å²) in [4.78, 5) is 3.89. The average molecular weight is 237 g/mol. The van der Waals surface area contributed by atoms with E-state index in [-0.39, 0.29) is 5.56 Å². The van der Waals surface area contributed by atoms with Crippen LogP contribution in [0.5, 0.6) is 0 Å². The molecule has 0 saturated heterocycles. The molecule has 1 unspecified atom stereocenters. The van der Waals surface area contributed by atoms with Crippen molar-refractivity contribution in [2.45, 2.75) is 13.0 Å². The van der Waals surface area contributed by atoms with Crippen LogP contribution in [0.1, 0.15) is 22.9 Å². The van der Waals surface area contributed by atoms with E-state index in [0.717, 1.165) is 0 Å². The van der Waals surface area contributed by atoms with Gasteiger partial charge in [0, 0.05) is 12.6 Å². The van der Waals surface area contributed by atoms with Crippen molar-refractivity contribution in [3.8, 4) is 0 Å². The molecule has 0 bridgehead atoms. The summed E-state index contributed by atoms with van der Waals surface area (Å²) < 4.78 is 29.2. The van der Waals surface area contributed by atoms with Crippen LogP contribution in [0.15, 0.2) is 24.7 Å². The van der Waals surface area contributed by atoms with Gasteiger partial charge >= 0.3 is 0 Å². The van der Waals surface area contributed by atoms with Crippen LogP contribution >= 0.6 is 0 Å². The lowest BCUT2D eigenvalue weighted by molar-refractivity contribution is 0.532. The minimum atomic E-state index is -0.859. The molecule has 5 heteroatoms. The first kappa shape index (κ1) is 11.7. The van der Waals surface area contributed by atoms with Gasteiger partial charge in [0.05, 0.1) is 24.3 Å². The van der Waals surface area contributed by atoms with Crippen LogP contribution in [0.4, 0.5) is 8.78 Å². The Hall–Kier alpha value is -1.75. The first-order chi connectivity index (χ1) is 8.02. The van der Waals surface area contributed by atoms with Gasteiger partial charge < -0.3 is 10.3 Å². The van der Waals surface area contributed by atoms with Crippen LogP contribution < -0.4 is 5.73 Å². The Labute approximate surface area is 97.9 Å². The van der Waals surface area contributed by atoms with Crippen molar-refractivity contribution in [1.82, 2.24) is 9.55 Å². The average Bonchev–Trinajstić information content (AvgIpc) is 2.70. The topological polar surface area (TPSA) is 43.8 Å². The number of hydrogen-bond acceptors (Lipinski definition) is 2. The number of hydrogen-bond donors (Lipinski definition) is 1. The number of aromatic nitrogens is 2. The van der Waals surface area contributed by atoms with E-state index >= 15 is 0 Å². The lowest BCUT2D eigenvalue weighted by Gasteiger charge is -2.15. The maximum Gasteiger partial charge on any atom is 0.134 e. The Morgan fingerprint density at radius 3 is 2.65 bits per heavy atom. The van der Waals surface area contributed by atoms with Gasteiger partial charge in [-0.25, -0.2) is 13.8 Å². The van der Waals surface area contributed by atoms with Crippen molar-refractivity contribution in [1.29, 1.82) is 0 Å². The van der Waals surface area contributed by atoms with E-state index in [1.54, 1.807) is 24.9 Å². The van der Waals surface area contributed by atoms with Crippen LogP contribution in [-0.4, -0.2) is 9.55 Å². The molecule has 0 amide bonds. The molecule has 0 aliphatic rings. The summed E-state index contributed by atoms with van der Waals surface area (Å²) in [5, 5.41) is 0. The highest BCUT2D eigenvalue weighted by Crippen LogP contribution is 2.26. The molecule has 2 aromatic rings. The molecule has 1 aromatic heterocycles. The number of aryl methyl sites for hydroxylation is 2. The SMILES string of the molecule is Cc1ccc(F)c(C(N)c2cncn2C)c1F. The first-order valence-electron chi connectivity index (χ1n) is 5.18. The van der Waals surface area contributed by atoms with Gasteiger partial charge in [-0.1, -0.05) is 6.07 Å². The van der Waals surface area contributed by atoms with Crippen LogP contribution in [0, 0.1) is 18.6 Å². The molecule has 3 nitrogen and oxygen atoms in total. The van der Waals surface area contributed by atoms with Gasteiger partial charge in [-0.05, 0) is 18.6 Å². The third kappa shape index (κ3) is 1.93. The summed E-state index contributed by atoms with van der Waals surface area (Å²) in [6.45, 7) is 1.58. The third-order valence-corrected chi connectivity index (χ3v) is 2.80. The van der Waals surface area contributed by atoms with Crippen LogP contribution in [0.2, 0.25) is 0 Å². The molecule has 0 saturated carbocycles. The number of benzene rings is 1. The molecule has 2 rings (SSSR count). The highest BCUT2D eigenvalue weighted by atomic mass is 19.1. The normalized spacial score (nSPS) is 12.8. The smallest absolute Gasteiger partial charge is 0.134 e. The Bertz CT molecular complexity index is 549. The summed E-state index contributed by atoms with van der Waals surface area (Å²) in [6.07, 6.45) is 3.05. The first-order valence-corrected chi connectivity index (χ1v) is 5.18. The van der Waals surface area contributed by atoms with Crippen molar-refractivity contribution in [3.05, 3.63) is 53.1 Å². The molecule has 1 atom stereocenters. The van der Waals surface area contributed by atoms with Crippen molar-refractivity contribution >= 4 is 0 Å². The highest BCUT2D eigenvalue weighted by molar-refractivity contribution is 5.33. The molecule has 0 radical (unpaired) electrons. The predicted octanol–water partition coefficient (Wildman–Crippen LogP) is 2.05. The number of nitrogens with zero attached hydrogens (tertiary/aromatic N) is 2. The van der Waals surface area contributed by atoms with Gasteiger partial charge in [0.1, 0.15) is 11.6 Å². The van der Waals surface area contributed by atoms with Crippen LogP contribution in [0.25, 0.3) is 0 Å². The number of imidazole rings is 1. The second kappa shape index (κ2) is 4.25. The zero-order valence-corrected chi connectivity index (χ0v) is 9.61. The van der Waals surface area contributed by atoms with E-state index in [2.05, 4.69) is 4.98 Å². The Morgan fingerprint density at radius 1 is 1.35 bits per heavy atom. The fraction of sp³-hybridized carbons (Fsp3) is 0.250. The number of nitrogens with two attached hydrogens (primary N) is 1. The molecule has 0 aliphatic heterocycles. The summed E-state index contributed by atoms with van der Waals surface area (Å²) in [5.74, 6) is -1.24. The second-order valence-electron chi connectivity index (χ2n) is 4.00. The van der Waals surface area contributed by atoms with E-state index in [1.165, 1.54) is 18.3 Å². The van der Waals surface area contributed by atoms with Gasteiger partial charge in [0.25, 0.3) is 0 Å². The number of halogens is 2. The standard InChI is InChI=1S/C12H13F2N3/c1-7-3-4-8(13)10(11(7)14)12(15)9-5-16-6-17(9)2/h3-6,12H,15H2,1-2H3. The monoisotopic (exact) mass is 237 g/mol. The van der Waals surface area contributed by atoms with E-state index in [1.807, 2.05) is 0 Å². The summed E-state index contributed by atoms with van der Waals surface area (Å²) in [6, 6.07) is 1.76. The maximum atomic E-state index is 13.9. The molecule has 17 heavy (non-hydrogen) atoms. The largest absolute Gasteiger partial charge is 0.336 e. The molecule has 0 spiro atoms. The molecule has 2 N–H and O–H groups in total. The molecule has 1 heterocycles. The van der Waals surface area contributed by atoms with Crippen molar-refractivity contribution in [2.75, 3.05) is 0 Å². The van der Waals surface area contributed by atoms with Gasteiger partial charge in [-0.15, -0.1) is 0 Å². The summed E-state index contributed by atoms with van der Waals surface area (Å²) >= 11 is 0. The lowest BCUT2D eigenvalue weighted by Crippen LogP contribution is -2.18. The third-order valence-electron chi connectivity index (χ3n) is 2.80. The molecule has 0 aliphatic carbocycles. The molecular formula is C12H13F2N3. The van der Waals surface area contributed by atoms with E-state index in [0.29, 0.717) is 11.3 Å². The quantitative estimate of drug-likeness (QED) is 0.868. The lowest BCUT2D eigenvalue weighted by atomic mass is 10.0. The molecule has 90 valence electrons. The van der Waals surface area contributed by atoms with Gasteiger partial charge in [-0.2, -0.15) is 0 Å². The maximum absolute atomic E-state index is 13.9. The van der Waals surface area contributed by atoms with Crippen LogP contribution in [-0.2, 0) is 7.05 Å². The van der Waals surface area contributed by atoms with E-state index in [4.69, 9.17) is 5.73 Å². The zero-order chi connectivity index (χ0) is 12.6. The predicted molar refractivity (Wildman–Crippen MR) is 60.3 cm³/mol. The van der Waals surface area contributed by atoms with Crippen molar-refractivity contribution < 1.29 is 8.78 Å². The second-order valence-corrected chi connectivity index (χ2v) is 4.00. The van der Waals surface area contributed by atoms with E-state index < -0.39 is 17.7 Å². The minimum absolute atomic E-state index is 0.117. The summed E-state index contributed by atoms with van der Waals surface area (Å²) in [7, 11) is 1.73. The van der Waals surface area contributed by atoms with Crippen molar-refractivity contribution in [2.24, 2.45) is 12.8 Å². The Kier molecular flexibility index (Phi) is 2.93. The van der Waals surface area contributed by atoms with Gasteiger partial charge in [0.2, 0.25) is 0 Å². The number of rotatable bonds is 2. The Balaban J connectivity index is 2.55. The van der Waals surface area contributed by atoms with Crippen molar-refractivity contribution in [3.63, 3.8) is 0 Å². The van der Waals surface area contributed by atoms with Gasteiger partial charge in [-0.3, -0.25) is 0 Å². The Morgan fingerprint density at radius 2 is 2.06 bits per heavy atom. The molecule has 0 fully saturated rings. The fourth-order valence-corrected chi connectivity index (χ4v) is 1.78. The van der Waals surface area contributed by atoms with Gasteiger partial charge in [0.15, 0.2) is 0 Å². The summed E-state index contributed by atoms with van der Waals surface area (Å²) in [5.41, 5.74) is 6.71. The molecular weight excluding hydrogens is 224 g/mol. The molecule has 1 aromatic carbocycles. The van der Waals surface area contributed by atoms with Crippen LogP contribution in [0.3, 0.4) is 0 Å². The fourth-order valence-electron chi connectivity index (χ4n) is 1.78.